The molecule has 0 spiro atoms. The third-order valence-corrected chi connectivity index (χ3v) is 8.16. The molecule has 31 heavy (non-hydrogen) atoms. The number of benzene rings is 1. The summed E-state index contributed by atoms with van der Waals surface area (Å²) >= 11 is 0. The average Bonchev–Trinajstić information content (AvgIpc) is 3.24. The highest BCUT2D eigenvalue weighted by molar-refractivity contribution is 7.90. The van der Waals surface area contributed by atoms with Gasteiger partial charge in [-0.05, 0) is 36.7 Å². The van der Waals surface area contributed by atoms with Gasteiger partial charge in [0.25, 0.3) is 0 Å². The van der Waals surface area contributed by atoms with Crippen molar-refractivity contribution in [2.75, 3.05) is 12.9 Å². The minimum Gasteiger partial charge on any atom is -0.361 e. The second-order valence-electron chi connectivity index (χ2n) is 9.14. The van der Waals surface area contributed by atoms with Crippen LogP contribution in [-0.4, -0.2) is 48.3 Å². The smallest absolute Gasteiger partial charge is 0.175 e. The lowest BCUT2D eigenvalue weighted by Crippen LogP contribution is -2.22. The molecule has 0 saturated heterocycles. The third-order valence-electron chi connectivity index (χ3n) is 5.35. The van der Waals surface area contributed by atoms with Crippen molar-refractivity contribution < 1.29 is 13.2 Å². The van der Waals surface area contributed by atoms with Crippen LogP contribution in [0.3, 0.4) is 0 Å². The summed E-state index contributed by atoms with van der Waals surface area (Å²) in [6.07, 6.45) is 4.83. The average molecular weight is 457 g/mol. The number of sulfone groups is 1. The Labute approximate surface area is 183 Å². The molecule has 0 N–H and O–H groups in total. The molecule has 1 aromatic carbocycles. The highest BCUT2D eigenvalue weighted by Gasteiger charge is 2.18. The van der Waals surface area contributed by atoms with Crippen LogP contribution in [0.15, 0.2) is 47.6 Å². The second-order valence-corrected chi connectivity index (χ2v) is 16.8. The maximum Gasteiger partial charge on any atom is 0.175 e. The fourth-order valence-corrected chi connectivity index (χ4v) is 5.03. The number of aromatic nitrogens is 4. The molecule has 0 amide bonds. The van der Waals surface area contributed by atoms with Gasteiger partial charge in [0.05, 0.1) is 34.0 Å². The summed E-state index contributed by atoms with van der Waals surface area (Å²) in [5.41, 5.74) is 4.28. The summed E-state index contributed by atoms with van der Waals surface area (Å²) in [5, 5.41) is 0. The minimum absolute atomic E-state index is 0.290. The van der Waals surface area contributed by atoms with Gasteiger partial charge in [0, 0.05) is 20.9 Å². The first-order valence-electron chi connectivity index (χ1n) is 10.3. The fraction of sp³-hybridized carbons (Fsp3) is 0.364. The fourth-order valence-electron chi connectivity index (χ4n) is 3.61. The Morgan fingerprint density at radius 3 is 2.55 bits per heavy atom. The summed E-state index contributed by atoms with van der Waals surface area (Å²) in [6.45, 7) is 9.96. The van der Waals surface area contributed by atoms with Crippen LogP contribution in [-0.2, 0) is 21.3 Å². The van der Waals surface area contributed by atoms with Gasteiger partial charge in [-0.3, -0.25) is 4.40 Å². The van der Waals surface area contributed by atoms with Gasteiger partial charge in [0.2, 0.25) is 0 Å². The number of imidazole rings is 1. The van der Waals surface area contributed by atoms with Crippen molar-refractivity contribution >= 4 is 34.6 Å². The molecule has 0 saturated carbocycles. The molecule has 0 fully saturated rings. The zero-order chi connectivity index (χ0) is 22.4. The molecule has 0 unspecified atom stereocenters. The molecule has 164 valence electrons. The monoisotopic (exact) mass is 456 g/mol. The second kappa shape index (κ2) is 7.89. The lowest BCUT2D eigenvalue weighted by atomic mass is 10.1. The van der Waals surface area contributed by atoms with Gasteiger partial charge in [0.1, 0.15) is 12.6 Å². The van der Waals surface area contributed by atoms with Crippen LogP contribution in [0.25, 0.3) is 27.9 Å². The Hall–Kier alpha value is -2.49. The summed E-state index contributed by atoms with van der Waals surface area (Å²) in [7, 11) is -4.52. The van der Waals surface area contributed by atoms with Crippen molar-refractivity contribution in [3.8, 4) is 11.3 Å². The molecule has 0 bridgehead atoms. The first-order chi connectivity index (χ1) is 14.5. The number of nitrogens with zero attached hydrogens (tertiary/aromatic N) is 4. The van der Waals surface area contributed by atoms with E-state index in [0.717, 1.165) is 39.8 Å². The molecular formula is C22H28N4O3SSi. The number of rotatable bonds is 7. The van der Waals surface area contributed by atoms with E-state index in [1.165, 1.54) is 6.26 Å². The SMILES string of the molecule is Cc1ncc2cnc3c(cc(-c4cccc(S(C)(=O)=O)c4)n3COCC[Si](C)(C)C)n12. The summed E-state index contributed by atoms with van der Waals surface area (Å²) in [5.74, 6) is 0.871. The van der Waals surface area contributed by atoms with E-state index in [9.17, 15) is 8.42 Å². The van der Waals surface area contributed by atoms with Crippen LogP contribution in [0.5, 0.6) is 0 Å². The number of ether oxygens (including phenoxy) is 1. The molecule has 0 aliphatic rings. The van der Waals surface area contributed by atoms with Gasteiger partial charge >= 0.3 is 0 Å². The van der Waals surface area contributed by atoms with E-state index in [0.29, 0.717) is 18.2 Å². The van der Waals surface area contributed by atoms with Crippen LogP contribution < -0.4 is 0 Å². The van der Waals surface area contributed by atoms with Gasteiger partial charge in [-0.1, -0.05) is 31.8 Å². The van der Waals surface area contributed by atoms with Crippen LogP contribution in [0, 0.1) is 6.92 Å². The standard InChI is InChI=1S/C22H28N4O3SSi/c1-16-23-13-18-14-24-22-21(26(16)18)12-20(25(22)15-29-9-10-31(3,4)5)17-7-6-8-19(11-17)30(2,27)28/h6-8,11-14H,9-10,15H2,1-5H3. The van der Waals surface area contributed by atoms with Crippen LogP contribution in [0.4, 0.5) is 0 Å². The number of hydrogen-bond acceptors (Lipinski definition) is 5. The van der Waals surface area contributed by atoms with E-state index in [-0.39, 0.29) is 0 Å². The molecule has 7 nitrogen and oxygen atoms in total. The Morgan fingerprint density at radius 1 is 1.10 bits per heavy atom. The van der Waals surface area contributed by atoms with Crippen LogP contribution in [0.1, 0.15) is 5.82 Å². The molecule has 0 atom stereocenters. The van der Waals surface area contributed by atoms with Crippen LogP contribution >= 0.6 is 0 Å². The predicted molar refractivity (Wildman–Crippen MR) is 126 cm³/mol. The number of hydrogen-bond donors (Lipinski definition) is 0. The molecule has 9 heteroatoms. The van der Waals surface area contributed by atoms with Gasteiger partial charge in [-0.2, -0.15) is 0 Å². The molecule has 3 heterocycles. The third kappa shape index (κ3) is 4.44. The van der Waals surface area contributed by atoms with Crippen molar-refractivity contribution in [1.29, 1.82) is 0 Å². The maximum absolute atomic E-state index is 12.1. The quantitative estimate of drug-likeness (QED) is 0.305. The molecule has 0 radical (unpaired) electrons. The van der Waals surface area contributed by atoms with Gasteiger partial charge in [-0.15, -0.1) is 0 Å². The molecule has 3 aromatic heterocycles. The normalized spacial score (nSPS) is 12.8. The van der Waals surface area contributed by atoms with Gasteiger partial charge < -0.3 is 9.30 Å². The zero-order valence-corrected chi connectivity index (χ0v) is 20.4. The molecule has 4 aromatic rings. The van der Waals surface area contributed by atoms with E-state index in [4.69, 9.17) is 4.74 Å². The lowest BCUT2D eigenvalue weighted by molar-refractivity contribution is 0.0909. The predicted octanol–water partition coefficient (Wildman–Crippen LogP) is 4.38. The minimum atomic E-state index is -3.31. The zero-order valence-electron chi connectivity index (χ0n) is 18.6. The van der Waals surface area contributed by atoms with Gasteiger partial charge in [0.15, 0.2) is 15.5 Å². The first kappa shape index (κ1) is 21.7. The van der Waals surface area contributed by atoms with E-state index < -0.39 is 17.9 Å². The largest absolute Gasteiger partial charge is 0.361 e. The van der Waals surface area contributed by atoms with Gasteiger partial charge in [-0.25, -0.2) is 18.4 Å². The highest BCUT2D eigenvalue weighted by Crippen LogP contribution is 2.30. The molecule has 4 rings (SSSR count). The van der Waals surface area contributed by atoms with Crippen molar-refractivity contribution in [1.82, 2.24) is 18.9 Å². The van der Waals surface area contributed by atoms with Crippen molar-refractivity contribution in [3.63, 3.8) is 0 Å². The summed E-state index contributed by atoms with van der Waals surface area (Å²) < 4.78 is 34.4. The lowest BCUT2D eigenvalue weighted by Gasteiger charge is -2.17. The molecular weight excluding hydrogens is 428 g/mol. The number of aryl methyl sites for hydroxylation is 1. The van der Waals surface area contributed by atoms with Crippen molar-refractivity contribution in [2.45, 2.75) is 44.2 Å². The Bertz CT molecular complexity index is 1370. The van der Waals surface area contributed by atoms with E-state index >= 15 is 0 Å². The van der Waals surface area contributed by atoms with E-state index in [1.54, 1.807) is 30.6 Å². The Morgan fingerprint density at radius 2 is 1.84 bits per heavy atom. The topological polar surface area (TPSA) is 78.5 Å². The highest BCUT2D eigenvalue weighted by atomic mass is 32.2. The first-order valence-corrected chi connectivity index (χ1v) is 15.8. The van der Waals surface area contributed by atoms with Crippen LogP contribution in [0.2, 0.25) is 25.7 Å². The van der Waals surface area contributed by atoms with E-state index in [2.05, 4.69) is 34.0 Å². The van der Waals surface area contributed by atoms with E-state index in [1.807, 2.05) is 23.6 Å². The maximum atomic E-state index is 12.1. The Balaban J connectivity index is 1.85. The Kier molecular flexibility index (Phi) is 5.53. The van der Waals surface area contributed by atoms with Crippen molar-refractivity contribution in [3.05, 3.63) is 48.5 Å². The van der Waals surface area contributed by atoms with Crippen molar-refractivity contribution in [2.24, 2.45) is 0 Å². The number of fused-ring (bicyclic) bond motifs is 3. The summed E-state index contributed by atoms with van der Waals surface area (Å²) in [4.78, 5) is 9.38. The molecule has 0 aliphatic heterocycles. The summed E-state index contributed by atoms with van der Waals surface area (Å²) in [6, 6.07) is 10.1. The molecule has 0 aliphatic carbocycles.